The van der Waals surface area contributed by atoms with Crippen molar-refractivity contribution in [3.8, 4) is 0 Å². The second-order valence-corrected chi connectivity index (χ2v) is 8.11. The molecule has 0 atom stereocenters. The van der Waals surface area contributed by atoms with E-state index in [0.717, 1.165) is 38.6 Å². The summed E-state index contributed by atoms with van der Waals surface area (Å²) in [7, 11) is -1.85. The molecule has 0 spiro atoms. The van der Waals surface area contributed by atoms with Gasteiger partial charge < -0.3 is 10.2 Å². The van der Waals surface area contributed by atoms with E-state index in [4.69, 9.17) is 0 Å². The first kappa shape index (κ1) is 17.0. The minimum atomic E-state index is -3.70. The fraction of sp³-hybridized carbons (Fsp3) is 0.529. The van der Waals surface area contributed by atoms with Crippen molar-refractivity contribution in [2.75, 3.05) is 18.9 Å². The van der Waals surface area contributed by atoms with Gasteiger partial charge in [-0.05, 0) is 43.5 Å². The van der Waals surface area contributed by atoms with Gasteiger partial charge >= 0.3 is 0 Å². The van der Waals surface area contributed by atoms with Crippen LogP contribution in [0.4, 0.5) is 5.69 Å². The van der Waals surface area contributed by atoms with Crippen LogP contribution in [0.1, 0.15) is 38.5 Å². The molecule has 3 rings (SSSR count). The monoisotopic (exact) mass is 349 g/mol. The van der Waals surface area contributed by atoms with Crippen LogP contribution >= 0.6 is 0 Å². The molecule has 1 saturated heterocycles. The average molecular weight is 349 g/mol. The van der Waals surface area contributed by atoms with E-state index in [1.165, 1.54) is 12.1 Å². The summed E-state index contributed by atoms with van der Waals surface area (Å²) in [5.74, 6) is 0.710. The molecule has 7 heteroatoms. The first-order valence-electron chi connectivity index (χ1n) is 8.41. The van der Waals surface area contributed by atoms with Crippen LogP contribution in [-0.4, -0.2) is 38.7 Å². The van der Waals surface area contributed by atoms with E-state index in [-0.39, 0.29) is 16.7 Å². The lowest BCUT2D eigenvalue weighted by molar-refractivity contribution is -0.119. The van der Waals surface area contributed by atoms with Gasteiger partial charge in [-0.3, -0.25) is 4.79 Å². The number of amidine groups is 1. The maximum absolute atomic E-state index is 12.4. The third-order valence-electron chi connectivity index (χ3n) is 4.71. The van der Waals surface area contributed by atoms with E-state index < -0.39 is 10.0 Å². The molecule has 0 aromatic heterocycles. The standard InChI is InChI=1S/C17H23N3O3S/c1-20-12-4-7-16(20)19-24(22,23)15-10-8-14(9-11-15)18-17(21)13-5-2-3-6-13/h8-11,13H,2-7,12H2,1H3,(H,18,21). The number of benzene rings is 1. The summed E-state index contributed by atoms with van der Waals surface area (Å²) >= 11 is 0. The van der Waals surface area contributed by atoms with Crippen molar-refractivity contribution >= 4 is 27.5 Å². The maximum atomic E-state index is 12.4. The predicted molar refractivity (Wildman–Crippen MR) is 93.5 cm³/mol. The van der Waals surface area contributed by atoms with Crippen LogP contribution in [0, 0.1) is 5.92 Å². The van der Waals surface area contributed by atoms with Gasteiger partial charge in [-0.25, -0.2) is 0 Å². The van der Waals surface area contributed by atoms with Gasteiger partial charge in [-0.2, -0.15) is 8.42 Å². The molecule has 1 amide bonds. The molecule has 1 aromatic carbocycles. The summed E-state index contributed by atoms with van der Waals surface area (Å²) in [6.07, 6.45) is 5.68. The van der Waals surface area contributed by atoms with E-state index in [1.54, 1.807) is 12.1 Å². The zero-order valence-electron chi connectivity index (χ0n) is 13.9. The maximum Gasteiger partial charge on any atom is 0.283 e. The van der Waals surface area contributed by atoms with Crippen LogP contribution < -0.4 is 5.32 Å². The molecule has 6 nitrogen and oxygen atoms in total. The fourth-order valence-electron chi connectivity index (χ4n) is 3.24. The third kappa shape index (κ3) is 3.77. The molecule has 0 bridgehead atoms. The Morgan fingerprint density at radius 3 is 2.42 bits per heavy atom. The molecule has 1 aliphatic carbocycles. The van der Waals surface area contributed by atoms with Crippen LogP contribution in [0.5, 0.6) is 0 Å². The molecule has 2 aliphatic rings. The molecule has 24 heavy (non-hydrogen) atoms. The summed E-state index contributed by atoms with van der Waals surface area (Å²) < 4.78 is 28.7. The molecule has 2 fully saturated rings. The largest absolute Gasteiger partial charge is 0.362 e. The Hall–Kier alpha value is -1.89. The van der Waals surface area contributed by atoms with E-state index in [9.17, 15) is 13.2 Å². The van der Waals surface area contributed by atoms with Crippen LogP contribution in [0.3, 0.4) is 0 Å². The minimum Gasteiger partial charge on any atom is -0.362 e. The van der Waals surface area contributed by atoms with Crippen molar-refractivity contribution in [1.82, 2.24) is 4.90 Å². The Labute approximate surface area is 143 Å². The van der Waals surface area contributed by atoms with Gasteiger partial charge in [-0.1, -0.05) is 12.8 Å². The van der Waals surface area contributed by atoms with E-state index in [0.29, 0.717) is 17.9 Å². The number of carbonyl (C=O) groups is 1. The molecule has 1 aliphatic heterocycles. The topological polar surface area (TPSA) is 78.8 Å². The number of sulfonamides is 1. The zero-order valence-corrected chi connectivity index (χ0v) is 14.7. The fourth-order valence-corrected chi connectivity index (χ4v) is 4.34. The smallest absolute Gasteiger partial charge is 0.283 e. The zero-order chi connectivity index (χ0) is 17.2. The van der Waals surface area contributed by atoms with Crippen molar-refractivity contribution in [2.45, 2.75) is 43.4 Å². The van der Waals surface area contributed by atoms with E-state index >= 15 is 0 Å². The summed E-state index contributed by atoms with van der Waals surface area (Å²) in [5.41, 5.74) is 0.622. The van der Waals surface area contributed by atoms with Gasteiger partial charge in [0.25, 0.3) is 10.0 Å². The Morgan fingerprint density at radius 2 is 1.83 bits per heavy atom. The molecule has 0 unspecified atom stereocenters. The SMILES string of the molecule is CN1CCCC1=NS(=O)(=O)c1ccc(NC(=O)C2CCCC2)cc1. The summed E-state index contributed by atoms with van der Waals surface area (Å²) in [6.45, 7) is 0.834. The highest BCUT2D eigenvalue weighted by Crippen LogP contribution is 2.26. The summed E-state index contributed by atoms with van der Waals surface area (Å²) in [4.78, 5) is 14.1. The Balaban J connectivity index is 1.70. The molecular weight excluding hydrogens is 326 g/mol. The molecular formula is C17H23N3O3S. The molecule has 1 aromatic rings. The van der Waals surface area contributed by atoms with Crippen LogP contribution in [-0.2, 0) is 14.8 Å². The first-order valence-corrected chi connectivity index (χ1v) is 9.85. The van der Waals surface area contributed by atoms with Crippen molar-refractivity contribution < 1.29 is 13.2 Å². The van der Waals surface area contributed by atoms with Crippen LogP contribution in [0.25, 0.3) is 0 Å². The number of amides is 1. The van der Waals surface area contributed by atoms with Crippen molar-refractivity contribution in [2.24, 2.45) is 10.3 Å². The summed E-state index contributed by atoms with van der Waals surface area (Å²) in [5, 5.41) is 2.86. The van der Waals surface area contributed by atoms with Gasteiger partial charge in [-0.15, -0.1) is 4.40 Å². The molecule has 1 N–H and O–H groups in total. The quantitative estimate of drug-likeness (QED) is 0.906. The lowest BCUT2D eigenvalue weighted by atomic mass is 10.1. The second-order valence-electron chi connectivity index (χ2n) is 6.50. The number of rotatable bonds is 4. The van der Waals surface area contributed by atoms with Gasteiger partial charge in [0.1, 0.15) is 5.84 Å². The average Bonchev–Trinajstić information content (AvgIpc) is 3.20. The van der Waals surface area contributed by atoms with Gasteiger partial charge in [0.2, 0.25) is 5.91 Å². The van der Waals surface area contributed by atoms with Gasteiger partial charge in [0.05, 0.1) is 4.90 Å². The highest BCUT2D eigenvalue weighted by Gasteiger charge is 2.23. The molecule has 130 valence electrons. The number of hydrogen-bond acceptors (Lipinski definition) is 3. The second kappa shape index (κ2) is 6.93. The normalized spacial score (nSPS) is 20.7. The van der Waals surface area contributed by atoms with E-state index in [1.807, 2.05) is 11.9 Å². The predicted octanol–water partition coefficient (Wildman–Crippen LogP) is 2.63. The number of carbonyl (C=O) groups excluding carboxylic acids is 1. The Kier molecular flexibility index (Phi) is 4.89. The van der Waals surface area contributed by atoms with Crippen LogP contribution in [0.2, 0.25) is 0 Å². The van der Waals surface area contributed by atoms with Gasteiger partial charge in [0.15, 0.2) is 0 Å². The minimum absolute atomic E-state index is 0.0240. The lowest BCUT2D eigenvalue weighted by Crippen LogP contribution is -2.21. The number of hydrogen-bond donors (Lipinski definition) is 1. The number of anilines is 1. The third-order valence-corrected chi connectivity index (χ3v) is 6.02. The highest BCUT2D eigenvalue weighted by atomic mass is 32.2. The number of nitrogens with one attached hydrogen (secondary N) is 1. The Morgan fingerprint density at radius 1 is 1.17 bits per heavy atom. The highest BCUT2D eigenvalue weighted by molar-refractivity contribution is 7.90. The van der Waals surface area contributed by atoms with Gasteiger partial charge in [0, 0.05) is 31.6 Å². The summed E-state index contributed by atoms with van der Waals surface area (Å²) in [6, 6.07) is 6.24. The molecule has 1 saturated carbocycles. The molecule has 1 heterocycles. The lowest BCUT2D eigenvalue weighted by Gasteiger charge is -2.12. The van der Waals surface area contributed by atoms with Crippen molar-refractivity contribution in [3.63, 3.8) is 0 Å². The van der Waals surface area contributed by atoms with E-state index in [2.05, 4.69) is 9.71 Å². The Bertz CT molecular complexity index is 735. The first-order chi connectivity index (χ1) is 11.5. The number of nitrogens with zero attached hydrogens (tertiary/aromatic N) is 2. The number of likely N-dealkylation sites (tertiary alicyclic amines) is 1. The van der Waals surface area contributed by atoms with Crippen molar-refractivity contribution in [3.05, 3.63) is 24.3 Å². The van der Waals surface area contributed by atoms with Crippen molar-refractivity contribution in [1.29, 1.82) is 0 Å². The van der Waals surface area contributed by atoms with Crippen LogP contribution in [0.15, 0.2) is 33.6 Å². The molecule has 0 radical (unpaired) electrons.